The highest BCUT2D eigenvalue weighted by molar-refractivity contribution is 7.79. The van der Waals surface area contributed by atoms with Gasteiger partial charge in [-0.15, -0.1) is 0 Å². The van der Waals surface area contributed by atoms with E-state index in [1.54, 1.807) is 6.26 Å². The maximum atomic E-state index is 10.5. The van der Waals surface area contributed by atoms with Crippen LogP contribution in [0.4, 0.5) is 0 Å². The first-order chi connectivity index (χ1) is 6.77. The highest BCUT2D eigenvalue weighted by Crippen LogP contribution is 2.17. The van der Waals surface area contributed by atoms with Gasteiger partial charge in [0, 0.05) is 5.39 Å². The predicted molar refractivity (Wildman–Crippen MR) is 53.4 cm³/mol. The Kier molecular flexibility index (Phi) is 2.60. The van der Waals surface area contributed by atoms with Gasteiger partial charge in [-0.05, 0) is 18.1 Å². The van der Waals surface area contributed by atoms with E-state index >= 15 is 0 Å². The number of nitrogens with zero attached hydrogens (tertiary/aromatic N) is 1. The zero-order valence-corrected chi connectivity index (χ0v) is 8.16. The lowest BCUT2D eigenvalue weighted by Crippen LogP contribution is -1.99. The fourth-order valence-electron chi connectivity index (χ4n) is 1.35. The van der Waals surface area contributed by atoms with Gasteiger partial charge in [0.1, 0.15) is 11.8 Å². The van der Waals surface area contributed by atoms with Gasteiger partial charge in [0.15, 0.2) is 11.1 Å². The van der Waals surface area contributed by atoms with Crippen LogP contribution in [-0.2, 0) is 17.5 Å². The molecule has 0 aliphatic carbocycles. The summed E-state index contributed by atoms with van der Waals surface area (Å²) in [6.45, 7) is 0. The van der Waals surface area contributed by atoms with Crippen LogP contribution in [0.3, 0.4) is 0 Å². The molecule has 2 aromatic rings. The predicted octanol–water partition coefficient (Wildman–Crippen LogP) is 1.59. The second-order valence-electron chi connectivity index (χ2n) is 2.95. The van der Waals surface area contributed by atoms with E-state index in [0.29, 0.717) is 6.42 Å². The molecule has 0 bridgehead atoms. The average molecular weight is 211 g/mol. The molecule has 1 unspecified atom stereocenters. The fourth-order valence-corrected chi connectivity index (χ4v) is 1.75. The Morgan fingerprint density at radius 3 is 3.14 bits per heavy atom. The second kappa shape index (κ2) is 3.89. The summed E-state index contributed by atoms with van der Waals surface area (Å²) < 4.78 is 24.0. The van der Waals surface area contributed by atoms with E-state index in [-0.39, 0.29) is 5.75 Å². The van der Waals surface area contributed by atoms with Gasteiger partial charge in [0.05, 0.1) is 5.75 Å². The summed E-state index contributed by atoms with van der Waals surface area (Å²) in [6.07, 6.45) is 2.10. The molecule has 1 atom stereocenters. The van der Waals surface area contributed by atoms with Crippen molar-refractivity contribution >= 4 is 22.0 Å². The summed E-state index contributed by atoms with van der Waals surface area (Å²) in [5.41, 5.74) is 1.72. The number of aryl methyl sites for hydroxylation is 1. The second-order valence-corrected chi connectivity index (χ2v) is 4.00. The van der Waals surface area contributed by atoms with Gasteiger partial charge in [-0.1, -0.05) is 17.3 Å². The van der Waals surface area contributed by atoms with Gasteiger partial charge >= 0.3 is 0 Å². The fraction of sp³-hybridized carbons (Fsp3) is 0.222. The molecule has 0 saturated heterocycles. The summed E-state index contributed by atoms with van der Waals surface area (Å²) >= 11 is -1.76. The summed E-state index contributed by atoms with van der Waals surface area (Å²) in [4.78, 5) is 0. The number of aromatic nitrogens is 1. The smallest absolute Gasteiger partial charge is 0.153 e. The quantitative estimate of drug-likeness (QED) is 0.783. The van der Waals surface area contributed by atoms with Crippen LogP contribution in [0, 0.1) is 0 Å². The van der Waals surface area contributed by atoms with Crippen molar-refractivity contribution in [2.24, 2.45) is 0 Å². The van der Waals surface area contributed by atoms with Gasteiger partial charge in [0.2, 0.25) is 0 Å². The zero-order chi connectivity index (χ0) is 9.97. The first kappa shape index (κ1) is 9.36. The minimum atomic E-state index is -1.76. The Hall–Kier alpha value is -1.20. The first-order valence-electron chi connectivity index (χ1n) is 4.17. The van der Waals surface area contributed by atoms with Crippen molar-refractivity contribution in [3.8, 4) is 0 Å². The third-order valence-corrected chi connectivity index (χ3v) is 2.57. The largest absolute Gasteiger partial charge is 0.363 e. The third kappa shape index (κ3) is 1.83. The van der Waals surface area contributed by atoms with Crippen molar-refractivity contribution in [1.82, 2.24) is 5.16 Å². The van der Waals surface area contributed by atoms with Crippen molar-refractivity contribution in [3.05, 3.63) is 30.0 Å². The summed E-state index contributed by atoms with van der Waals surface area (Å²) in [6, 6.07) is 5.66. The molecule has 1 aromatic carbocycles. The molecule has 0 aliphatic heterocycles. The molecular formula is C9H9NO3S. The van der Waals surface area contributed by atoms with Crippen molar-refractivity contribution in [2.75, 3.05) is 5.75 Å². The van der Waals surface area contributed by atoms with Crippen LogP contribution in [0.15, 0.2) is 29.0 Å². The minimum absolute atomic E-state index is 0.228. The molecule has 5 heteroatoms. The highest BCUT2D eigenvalue weighted by Gasteiger charge is 2.05. The molecule has 0 amide bonds. The van der Waals surface area contributed by atoms with E-state index in [9.17, 15) is 4.21 Å². The van der Waals surface area contributed by atoms with Crippen LogP contribution in [0.1, 0.15) is 5.56 Å². The lowest BCUT2D eigenvalue weighted by atomic mass is 10.1. The standard InChI is InChI=1S/C9H9NO3S/c11-14(12)5-4-7-2-1-3-8-6-13-10-9(7)8/h1-3,6H,4-5H2,(H,11,12). The third-order valence-electron chi connectivity index (χ3n) is 2.02. The Morgan fingerprint density at radius 1 is 1.50 bits per heavy atom. The SMILES string of the molecule is O=S(O)CCc1cccc2conc12. The normalized spacial score (nSPS) is 13.2. The Bertz CT molecular complexity index is 466. The lowest BCUT2D eigenvalue weighted by Gasteiger charge is -1.98. The van der Waals surface area contributed by atoms with Crippen molar-refractivity contribution < 1.29 is 13.3 Å². The molecule has 14 heavy (non-hydrogen) atoms. The van der Waals surface area contributed by atoms with Gasteiger partial charge in [-0.3, -0.25) is 0 Å². The number of fused-ring (bicyclic) bond motifs is 1. The summed E-state index contributed by atoms with van der Waals surface area (Å²) in [7, 11) is 0. The molecule has 0 radical (unpaired) electrons. The lowest BCUT2D eigenvalue weighted by molar-refractivity contribution is 0.428. The van der Waals surface area contributed by atoms with Crippen LogP contribution in [0.5, 0.6) is 0 Å². The molecule has 2 rings (SSSR count). The van der Waals surface area contributed by atoms with E-state index in [0.717, 1.165) is 16.5 Å². The van der Waals surface area contributed by atoms with Gasteiger partial charge in [-0.2, -0.15) is 0 Å². The van der Waals surface area contributed by atoms with E-state index < -0.39 is 11.1 Å². The van der Waals surface area contributed by atoms with Crippen LogP contribution in [0.25, 0.3) is 10.9 Å². The Labute approximate surface area is 83.2 Å². The van der Waals surface area contributed by atoms with E-state index in [1.807, 2.05) is 18.2 Å². The highest BCUT2D eigenvalue weighted by atomic mass is 32.2. The van der Waals surface area contributed by atoms with Gasteiger partial charge in [-0.25, -0.2) is 4.21 Å². The van der Waals surface area contributed by atoms with Crippen molar-refractivity contribution in [3.63, 3.8) is 0 Å². The number of hydrogen-bond donors (Lipinski definition) is 1. The van der Waals surface area contributed by atoms with Crippen LogP contribution >= 0.6 is 0 Å². The van der Waals surface area contributed by atoms with Crippen LogP contribution in [-0.4, -0.2) is 19.7 Å². The van der Waals surface area contributed by atoms with Crippen LogP contribution in [0.2, 0.25) is 0 Å². The molecule has 4 nitrogen and oxygen atoms in total. The Morgan fingerprint density at radius 2 is 2.36 bits per heavy atom. The van der Waals surface area contributed by atoms with Crippen molar-refractivity contribution in [1.29, 1.82) is 0 Å². The Balaban J connectivity index is 2.32. The van der Waals surface area contributed by atoms with Crippen molar-refractivity contribution in [2.45, 2.75) is 6.42 Å². The molecule has 0 aliphatic rings. The molecule has 1 heterocycles. The minimum Gasteiger partial charge on any atom is -0.363 e. The molecule has 1 aromatic heterocycles. The van der Waals surface area contributed by atoms with Crippen LogP contribution < -0.4 is 0 Å². The maximum Gasteiger partial charge on any atom is 0.153 e. The van der Waals surface area contributed by atoms with E-state index in [1.165, 1.54) is 0 Å². The molecule has 0 fully saturated rings. The molecule has 74 valence electrons. The number of hydrogen-bond acceptors (Lipinski definition) is 3. The van der Waals surface area contributed by atoms with E-state index in [4.69, 9.17) is 9.08 Å². The monoisotopic (exact) mass is 211 g/mol. The zero-order valence-electron chi connectivity index (χ0n) is 7.34. The summed E-state index contributed by atoms with van der Waals surface area (Å²) in [5.74, 6) is 0.228. The average Bonchev–Trinajstić information content (AvgIpc) is 2.62. The number of benzene rings is 1. The molecular weight excluding hydrogens is 202 g/mol. The van der Waals surface area contributed by atoms with Gasteiger partial charge in [0.25, 0.3) is 0 Å². The first-order valence-corrected chi connectivity index (χ1v) is 5.44. The topological polar surface area (TPSA) is 63.3 Å². The van der Waals surface area contributed by atoms with E-state index in [2.05, 4.69) is 5.16 Å². The maximum absolute atomic E-state index is 10.5. The molecule has 0 saturated carbocycles. The number of rotatable bonds is 3. The van der Waals surface area contributed by atoms with Gasteiger partial charge < -0.3 is 9.08 Å². The summed E-state index contributed by atoms with van der Waals surface area (Å²) in [5, 5.41) is 4.76. The molecule has 0 spiro atoms. The molecule has 1 N–H and O–H groups in total.